The van der Waals surface area contributed by atoms with Gasteiger partial charge in [0.1, 0.15) is 23.1 Å². The highest BCUT2D eigenvalue weighted by molar-refractivity contribution is 5.47. The molecule has 0 spiro atoms. The number of carbonyl (C=O) groups is 1. The molecular formula is C19H22F2N2O3. The summed E-state index contributed by atoms with van der Waals surface area (Å²) in [6, 6.07) is 10.6. The summed E-state index contributed by atoms with van der Waals surface area (Å²) >= 11 is 0. The van der Waals surface area contributed by atoms with Crippen molar-refractivity contribution >= 4 is 6.41 Å². The number of methoxy groups -OCH3 is 1. The van der Waals surface area contributed by atoms with Crippen LogP contribution < -0.4 is 15.4 Å². The van der Waals surface area contributed by atoms with E-state index in [0.717, 1.165) is 17.4 Å². The molecule has 0 radical (unpaired) electrons. The molecule has 5 nitrogen and oxygen atoms in total. The number of nitrogens with one attached hydrogen (secondary N) is 2. The van der Waals surface area contributed by atoms with Gasteiger partial charge in [-0.2, -0.15) is 0 Å². The molecule has 1 atom stereocenters. The molecule has 3 N–H and O–H groups in total. The highest BCUT2D eigenvalue weighted by atomic mass is 19.1. The van der Waals surface area contributed by atoms with Gasteiger partial charge in [-0.3, -0.25) is 4.79 Å². The van der Waals surface area contributed by atoms with E-state index in [9.17, 15) is 18.7 Å². The number of amides is 1. The van der Waals surface area contributed by atoms with Gasteiger partial charge in [-0.1, -0.05) is 12.1 Å². The summed E-state index contributed by atoms with van der Waals surface area (Å²) in [4.78, 5) is 10.8. The topological polar surface area (TPSA) is 70.6 Å². The molecule has 140 valence electrons. The van der Waals surface area contributed by atoms with Crippen molar-refractivity contribution in [3.05, 3.63) is 65.2 Å². The number of carbonyl (C=O) groups excluding carboxylic acids is 1. The second-order valence-corrected chi connectivity index (χ2v) is 6.03. The standard InChI is InChI=1S/C19H22F2N2O3/c1-26-18-4-2-3-15(9-18)11-22-12-19(25,23-13-24)6-5-14-7-16(20)10-17(21)8-14/h2-4,7-10,13,22,25H,5-6,11-12H2,1H3,(H,23,24)/t19-/m0/s1. The lowest BCUT2D eigenvalue weighted by Gasteiger charge is -2.28. The van der Waals surface area contributed by atoms with Crippen LogP contribution in [-0.2, 0) is 17.8 Å². The largest absolute Gasteiger partial charge is 0.497 e. The van der Waals surface area contributed by atoms with E-state index >= 15 is 0 Å². The molecular weight excluding hydrogens is 342 g/mol. The number of rotatable bonds is 10. The molecule has 0 aliphatic heterocycles. The lowest BCUT2D eigenvalue weighted by Crippen LogP contribution is -2.52. The van der Waals surface area contributed by atoms with E-state index in [2.05, 4.69) is 10.6 Å². The second kappa shape index (κ2) is 9.26. The Bertz CT molecular complexity index is 722. The van der Waals surface area contributed by atoms with E-state index in [-0.39, 0.29) is 19.4 Å². The first kappa shape index (κ1) is 19.8. The Labute approximate surface area is 151 Å². The van der Waals surface area contributed by atoms with Crippen molar-refractivity contribution in [3.63, 3.8) is 0 Å². The molecule has 1 amide bonds. The van der Waals surface area contributed by atoms with Gasteiger partial charge in [0.15, 0.2) is 0 Å². The summed E-state index contributed by atoms with van der Waals surface area (Å²) < 4.78 is 31.7. The zero-order chi connectivity index (χ0) is 19.0. The SMILES string of the molecule is COc1cccc(CNC[C@@](O)(CCc2cc(F)cc(F)c2)NC=O)c1. The first-order chi connectivity index (χ1) is 12.4. The highest BCUT2D eigenvalue weighted by Gasteiger charge is 2.25. The van der Waals surface area contributed by atoms with Crippen molar-refractivity contribution in [2.45, 2.75) is 25.1 Å². The molecule has 0 bridgehead atoms. The molecule has 26 heavy (non-hydrogen) atoms. The average Bonchev–Trinajstić information content (AvgIpc) is 2.60. The van der Waals surface area contributed by atoms with Crippen LogP contribution in [0.25, 0.3) is 0 Å². The van der Waals surface area contributed by atoms with Gasteiger partial charge < -0.3 is 20.5 Å². The van der Waals surface area contributed by atoms with Gasteiger partial charge in [0.2, 0.25) is 6.41 Å². The van der Waals surface area contributed by atoms with Crippen molar-refractivity contribution in [1.82, 2.24) is 10.6 Å². The van der Waals surface area contributed by atoms with Gasteiger partial charge in [0.25, 0.3) is 0 Å². The Morgan fingerprint density at radius 1 is 1.15 bits per heavy atom. The molecule has 2 aromatic carbocycles. The van der Waals surface area contributed by atoms with Gasteiger partial charge in [0.05, 0.1) is 7.11 Å². The summed E-state index contributed by atoms with van der Waals surface area (Å²) in [5.74, 6) is -0.634. The first-order valence-electron chi connectivity index (χ1n) is 8.16. The maximum atomic E-state index is 13.3. The van der Waals surface area contributed by atoms with E-state index in [0.29, 0.717) is 18.5 Å². The van der Waals surface area contributed by atoms with Crippen LogP contribution >= 0.6 is 0 Å². The molecule has 0 aliphatic rings. The second-order valence-electron chi connectivity index (χ2n) is 6.03. The number of hydrogen-bond acceptors (Lipinski definition) is 4. The molecule has 0 fully saturated rings. The lowest BCUT2D eigenvalue weighted by molar-refractivity contribution is -0.116. The van der Waals surface area contributed by atoms with Crippen LogP contribution in [0.5, 0.6) is 5.75 Å². The molecule has 0 saturated carbocycles. The van der Waals surface area contributed by atoms with Crippen LogP contribution in [0.3, 0.4) is 0 Å². The number of aryl methyl sites for hydroxylation is 1. The zero-order valence-corrected chi connectivity index (χ0v) is 14.5. The number of halogens is 2. The van der Waals surface area contributed by atoms with E-state index in [1.807, 2.05) is 24.3 Å². The molecule has 0 aromatic heterocycles. The Kier molecular flexibility index (Phi) is 7.06. The van der Waals surface area contributed by atoms with Crippen LogP contribution in [-0.4, -0.2) is 30.9 Å². The monoisotopic (exact) mass is 364 g/mol. The third-order valence-electron chi connectivity index (χ3n) is 3.96. The normalized spacial score (nSPS) is 13.1. The van der Waals surface area contributed by atoms with E-state index in [1.165, 1.54) is 12.1 Å². The van der Waals surface area contributed by atoms with Gasteiger partial charge in [-0.15, -0.1) is 0 Å². The third kappa shape index (κ3) is 6.09. The smallest absolute Gasteiger partial charge is 0.209 e. The Morgan fingerprint density at radius 3 is 2.54 bits per heavy atom. The third-order valence-corrected chi connectivity index (χ3v) is 3.96. The highest BCUT2D eigenvalue weighted by Crippen LogP contribution is 2.15. The summed E-state index contributed by atoms with van der Waals surface area (Å²) in [6.07, 6.45) is 0.700. The van der Waals surface area contributed by atoms with Gasteiger partial charge in [-0.25, -0.2) is 8.78 Å². The molecule has 2 aromatic rings. The fourth-order valence-corrected chi connectivity index (χ4v) is 2.62. The van der Waals surface area contributed by atoms with Crippen LogP contribution in [0.2, 0.25) is 0 Å². The maximum Gasteiger partial charge on any atom is 0.209 e. The van der Waals surface area contributed by atoms with Gasteiger partial charge >= 0.3 is 0 Å². The van der Waals surface area contributed by atoms with E-state index < -0.39 is 17.4 Å². The van der Waals surface area contributed by atoms with Crippen molar-refractivity contribution in [3.8, 4) is 5.75 Å². The van der Waals surface area contributed by atoms with Crippen molar-refractivity contribution in [2.75, 3.05) is 13.7 Å². The average molecular weight is 364 g/mol. The summed E-state index contributed by atoms with van der Waals surface area (Å²) in [5.41, 5.74) is -0.185. The van der Waals surface area contributed by atoms with Crippen LogP contribution in [0.4, 0.5) is 8.78 Å². The van der Waals surface area contributed by atoms with Crippen molar-refractivity contribution in [1.29, 1.82) is 0 Å². The molecule has 0 heterocycles. The fourth-order valence-electron chi connectivity index (χ4n) is 2.62. The number of ether oxygens (including phenoxy) is 1. The first-order valence-corrected chi connectivity index (χ1v) is 8.16. The molecule has 0 saturated heterocycles. The number of hydrogen-bond donors (Lipinski definition) is 3. The fraction of sp³-hybridized carbons (Fsp3) is 0.316. The molecule has 7 heteroatoms. The van der Waals surface area contributed by atoms with Gasteiger partial charge in [0, 0.05) is 25.6 Å². The van der Waals surface area contributed by atoms with Crippen molar-refractivity contribution < 1.29 is 23.4 Å². The molecule has 2 rings (SSSR count). The Morgan fingerprint density at radius 2 is 1.88 bits per heavy atom. The minimum atomic E-state index is -1.54. The van der Waals surface area contributed by atoms with Crippen molar-refractivity contribution in [2.24, 2.45) is 0 Å². The Balaban J connectivity index is 1.93. The molecule has 0 unspecified atom stereocenters. The quantitative estimate of drug-likeness (QED) is 0.446. The predicted octanol–water partition coefficient (Wildman–Crippen LogP) is 2.13. The molecule has 0 aliphatic carbocycles. The number of benzene rings is 2. The van der Waals surface area contributed by atoms with E-state index in [4.69, 9.17) is 4.74 Å². The van der Waals surface area contributed by atoms with Crippen LogP contribution in [0, 0.1) is 11.6 Å². The predicted molar refractivity (Wildman–Crippen MR) is 93.5 cm³/mol. The Hall–Kier alpha value is -2.51. The summed E-state index contributed by atoms with van der Waals surface area (Å²) in [7, 11) is 1.58. The lowest BCUT2D eigenvalue weighted by atomic mass is 10.0. The van der Waals surface area contributed by atoms with Gasteiger partial charge in [-0.05, 0) is 41.8 Å². The minimum absolute atomic E-state index is 0.0702. The van der Waals surface area contributed by atoms with Crippen LogP contribution in [0.1, 0.15) is 17.5 Å². The zero-order valence-electron chi connectivity index (χ0n) is 14.5. The van der Waals surface area contributed by atoms with Crippen LogP contribution in [0.15, 0.2) is 42.5 Å². The van der Waals surface area contributed by atoms with E-state index in [1.54, 1.807) is 7.11 Å². The maximum absolute atomic E-state index is 13.3. The minimum Gasteiger partial charge on any atom is -0.497 e. The number of aliphatic hydroxyl groups is 1. The summed E-state index contributed by atoms with van der Waals surface area (Å²) in [6.45, 7) is 0.523. The summed E-state index contributed by atoms with van der Waals surface area (Å²) in [5, 5.41) is 16.0.